The van der Waals surface area contributed by atoms with Crippen molar-refractivity contribution in [1.82, 2.24) is 9.88 Å². The van der Waals surface area contributed by atoms with Crippen LogP contribution in [0.25, 0.3) is 10.8 Å². The van der Waals surface area contributed by atoms with Crippen molar-refractivity contribution in [3.8, 4) is 11.8 Å². The van der Waals surface area contributed by atoms with Crippen molar-refractivity contribution in [3.63, 3.8) is 0 Å². The SMILES string of the molecule is C[C@]1(n2c(O)c3ccc4c(c3c2O)=NC(=S)N=4)CCC(=O)NC1=O. The number of imide groups is 1. The van der Waals surface area contributed by atoms with Crippen molar-refractivity contribution >= 4 is 39.9 Å². The Balaban J connectivity index is 2.06. The molecule has 0 aliphatic carbocycles. The van der Waals surface area contributed by atoms with Crippen molar-refractivity contribution in [3.05, 3.63) is 22.8 Å². The topological polar surface area (TPSA) is 116 Å². The van der Waals surface area contributed by atoms with Crippen LogP contribution in [0.5, 0.6) is 11.8 Å². The second kappa shape index (κ2) is 4.60. The number of aromatic nitrogens is 1. The Hall–Kier alpha value is -2.81. The van der Waals surface area contributed by atoms with E-state index in [9.17, 15) is 19.8 Å². The molecule has 0 radical (unpaired) electrons. The molecule has 1 atom stereocenters. The van der Waals surface area contributed by atoms with Gasteiger partial charge in [-0.2, -0.15) is 0 Å². The highest BCUT2D eigenvalue weighted by atomic mass is 32.1. The second-order valence-electron chi connectivity index (χ2n) is 6.00. The molecule has 9 heteroatoms. The molecule has 0 unspecified atom stereocenters. The van der Waals surface area contributed by atoms with Crippen LogP contribution in [0.3, 0.4) is 0 Å². The van der Waals surface area contributed by atoms with E-state index in [4.69, 9.17) is 12.2 Å². The van der Waals surface area contributed by atoms with Crippen LogP contribution in [0.1, 0.15) is 19.8 Å². The first-order chi connectivity index (χ1) is 11.3. The summed E-state index contributed by atoms with van der Waals surface area (Å²) in [4.78, 5) is 32.0. The molecule has 3 heterocycles. The molecule has 2 aliphatic heterocycles. The van der Waals surface area contributed by atoms with Gasteiger partial charge in [0, 0.05) is 11.8 Å². The molecule has 0 spiro atoms. The van der Waals surface area contributed by atoms with E-state index in [1.807, 2.05) is 0 Å². The lowest BCUT2D eigenvalue weighted by Crippen LogP contribution is -2.52. The highest BCUT2D eigenvalue weighted by molar-refractivity contribution is 7.80. The van der Waals surface area contributed by atoms with Gasteiger partial charge in [0.1, 0.15) is 10.9 Å². The summed E-state index contributed by atoms with van der Waals surface area (Å²) in [5.74, 6) is -1.55. The lowest BCUT2D eigenvalue weighted by atomic mass is 9.90. The van der Waals surface area contributed by atoms with Gasteiger partial charge < -0.3 is 10.2 Å². The summed E-state index contributed by atoms with van der Waals surface area (Å²) < 4.78 is 1.14. The molecular weight excluding hydrogens is 332 g/mol. The highest BCUT2D eigenvalue weighted by Gasteiger charge is 2.44. The van der Waals surface area contributed by atoms with Gasteiger partial charge in [-0.25, -0.2) is 9.98 Å². The maximum absolute atomic E-state index is 12.4. The van der Waals surface area contributed by atoms with Crippen LogP contribution in [0.15, 0.2) is 22.1 Å². The molecule has 2 aromatic rings. The van der Waals surface area contributed by atoms with E-state index in [1.54, 1.807) is 19.1 Å². The summed E-state index contributed by atoms with van der Waals surface area (Å²) in [7, 11) is 0. The zero-order valence-electron chi connectivity index (χ0n) is 12.5. The third-order valence-electron chi connectivity index (χ3n) is 4.54. The first kappa shape index (κ1) is 14.8. The highest BCUT2D eigenvalue weighted by Crippen LogP contribution is 2.41. The molecule has 1 saturated heterocycles. The summed E-state index contributed by atoms with van der Waals surface area (Å²) in [6.07, 6.45) is 0.263. The minimum absolute atomic E-state index is 0.109. The predicted molar refractivity (Wildman–Crippen MR) is 86.2 cm³/mol. The predicted octanol–water partition coefficient (Wildman–Crippen LogP) is -0.258. The van der Waals surface area contributed by atoms with E-state index in [1.165, 1.54) is 0 Å². The smallest absolute Gasteiger partial charge is 0.252 e. The lowest BCUT2D eigenvalue weighted by Gasteiger charge is -2.33. The number of amides is 2. The third-order valence-corrected chi connectivity index (χ3v) is 4.73. The Labute approximate surface area is 140 Å². The molecule has 8 nitrogen and oxygen atoms in total. The fourth-order valence-corrected chi connectivity index (χ4v) is 3.42. The van der Waals surface area contributed by atoms with Gasteiger partial charge in [0.25, 0.3) is 5.91 Å². The number of hydrogen-bond donors (Lipinski definition) is 3. The summed E-state index contributed by atoms with van der Waals surface area (Å²) in [6.45, 7) is 1.56. The summed E-state index contributed by atoms with van der Waals surface area (Å²) in [5, 5.41) is 25.2. The quantitative estimate of drug-likeness (QED) is 0.487. The number of hydrogen-bond acceptors (Lipinski definition) is 5. The average Bonchev–Trinajstić information content (AvgIpc) is 3.01. The molecular formula is C15H12N4O4S. The first-order valence-corrected chi connectivity index (χ1v) is 7.65. The number of nitrogens with zero attached hydrogens (tertiary/aromatic N) is 3. The number of fused-ring (bicyclic) bond motifs is 3. The van der Waals surface area contributed by atoms with Crippen LogP contribution >= 0.6 is 12.2 Å². The molecule has 1 aromatic carbocycles. The standard InChI is InChI=1S/C15H12N4O4S/c1-15(5-4-8(20)17-13(15)23)19-11(21)6-2-3-7-10(9(6)12(19)22)18-14(24)16-7/h2-3,21-22H,4-5H2,1H3,(H,17,20,23)/t15-/m0/s1. The van der Waals surface area contributed by atoms with Crippen molar-refractivity contribution in [1.29, 1.82) is 0 Å². The molecule has 2 amide bonds. The minimum Gasteiger partial charge on any atom is -0.494 e. The molecule has 122 valence electrons. The van der Waals surface area contributed by atoms with Crippen molar-refractivity contribution < 1.29 is 19.8 Å². The Morgan fingerprint density at radius 2 is 2.00 bits per heavy atom. The number of piperidine rings is 1. The number of carbonyl (C=O) groups excluding carboxylic acids is 2. The van der Waals surface area contributed by atoms with Crippen LogP contribution in [0.2, 0.25) is 0 Å². The molecule has 0 bridgehead atoms. The molecule has 4 rings (SSSR count). The largest absolute Gasteiger partial charge is 0.494 e. The maximum atomic E-state index is 12.4. The Morgan fingerprint density at radius 3 is 2.71 bits per heavy atom. The molecule has 1 fully saturated rings. The van der Waals surface area contributed by atoms with Crippen LogP contribution in [0, 0.1) is 0 Å². The van der Waals surface area contributed by atoms with E-state index < -0.39 is 11.4 Å². The molecule has 2 aliphatic rings. The number of carbonyl (C=O) groups is 2. The second-order valence-corrected chi connectivity index (χ2v) is 6.36. The fraction of sp³-hybridized carbons (Fsp3) is 0.267. The zero-order chi connectivity index (χ0) is 17.2. The van der Waals surface area contributed by atoms with Gasteiger partial charge in [0.15, 0.2) is 0 Å². The average molecular weight is 344 g/mol. The van der Waals surface area contributed by atoms with Gasteiger partial charge >= 0.3 is 0 Å². The fourth-order valence-electron chi connectivity index (χ4n) is 3.23. The van der Waals surface area contributed by atoms with Gasteiger partial charge in [0.05, 0.1) is 10.7 Å². The first-order valence-electron chi connectivity index (χ1n) is 7.24. The van der Waals surface area contributed by atoms with E-state index in [0.29, 0.717) is 16.1 Å². The number of aromatic hydroxyl groups is 2. The van der Waals surface area contributed by atoms with Crippen molar-refractivity contribution in [2.24, 2.45) is 9.98 Å². The van der Waals surface area contributed by atoms with E-state index in [-0.39, 0.29) is 41.0 Å². The summed E-state index contributed by atoms with van der Waals surface area (Å²) in [6, 6.07) is 3.22. The monoisotopic (exact) mass is 344 g/mol. The normalized spacial score (nSPS) is 23.0. The van der Waals surface area contributed by atoms with Crippen LogP contribution in [-0.4, -0.2) is 31.7 Å². The van der Waals surface area contributed by atoms with Crippen LogP contribution in [0.4, 0.5) is 0 Å². The minimum atomic E-state index is -1.30. The number of nitrogens with one attached hydrogen (secondary N) is 1. The lowest BCUT2D eigenvalue weighted by molar-refractivity contribution is -0.140. The Bertz CT molecular complexity index is 1090. The molecule has 1 aromatic heterocycles. The van der Waals surface area contributed by atoms with Gasteiger partial charge in [-0.3, -0.25) is 19.5 Å². The molecule has 3 N–H and O–H groups in total. The van der Waals surface area contributed by atoms with Crippen molar-refractivity contribution in [2.45, 2.75) is 25.3 Å². The maximum Gasteiger partial charge on any atom is 0.252 e. The van der Waals surface area contributed by atoms with Gasteiger partial charge in [-0.1, -0.05) is 0 Å². The van der Waals surface area contributed by atoms with E-state index in [2.05, 4.69) is 15.3 Å². The van der Waals surface area contributed by atoms with E-state index in [0.717, 1.165) is 4.57 Å². The number of benzene rings is 1. The molecule has 24 heavy (non-hydrogen) atoms. The van der Waals surface area contributed by atoms with Crippen molar-refractivity contribution in [2.75, 3.05) is 0 Å². The summed E-state index contributed by atoms with van der Waals surface area (Å²) in [5.41, 5.74) is -1.30. The number of thiocarbonyl (C=S) groups is 1. The van der Waals surface area contributed by atoms with Crippen LogP contribution in [-0.2, 0) is 15.1 Å². The van der Waals surface area contributed by atoms with Crippen LogP contribution < -0.4 is 16.0 Å². The summed E-state index contributed by atoms with van der Waals surface area (Å²) >= 11 is 4.96. The van der Waals surface area contributed by atoms with Gasteiger partial charge in [-0.05, 0) is 37.7 Å². The zero-order valence-corrected chi connectivity index (χ0v) is 13.3. The van der Waals surface area contributed by atoms with Gasteiger partial charge in [0.2, 0.25) is 22.8 Å². The third kappa shape index (κ3) is 1.75. The Kier molecular flexibility index (Phi) is 2.83. The van der Waals surface area contributed by atoms with Gasteiger partial charge in [-0.15, -0.1) is 0 Å². The molecule has 0 saturated carbocycles. The van der Waals surface area contributed by atoms with E-state index >= 15 is 0 Å². The Morgan fingerprint density at radius 1 is 1.25 bits per heavy atom. The number of rotatable bonds is 1.